The van der Waals surface area contributed by atoms with Crippen LogP contribution in [0.5, 0.6) is 0 Å². The van der Waals surface area contributed by atoms with Gasteiger partial charge in [0.05, 0.1) is 39.1 Å². The molecule has 0 bridgehead atoms. The van der Waals surface area contributed by atoms with Crippen molar-refractivity contribution in [2.24, 2.45) is 5.73 Å². The van der Waals surface area contributed by atoms with Crippen molar-refractivity contribution in [3.63, 3.8) is 0 Å². The summed E-state index contributed by atoms with van der Waals surface area (Å²) in [5.41, 5.74) is 5.23. The molecular weight excluding hydrogens is 200 g/mol. The Morgan fingerprint density at radius 3 is 2.40 bits per heavy atom. The zero-order valence-electron chi connectivity index (χ0n) is 9.02. The minimum Gasteiger partial charge on any atom is -0.394 e. The maximum absolute atomic E-state index is 8.97. The van der Waals surface area contributed by atoms with Crippen molar-refractivity contribution in [3.05, 3.63) is 0 Å². The molecule has 5 N–H and O–H groups in total. The van der Waals surface area contributed by atoms with E-state index in [1.807, 2.05) is 0 Å². The van der Waals surface area contributed by atoms with Crippen LogP contribution in [0.25, 0.3) is 0 Å². The molecule has 92 valence electrons. The Hall–Kier alpha value is -0.240. The number of hydrogen-bond donors (Lipinski definition) is 4. The molecule has 0 aliphatic rings. The average Bonchev–Trinajstić information content (AvgIpc) is 2.26. The first-order valence-electron chi connectivity index (χ1n) is 5.16. The molecule has 0 aromatic heterocycles. The van der Waals surface area contributed by atoms with Crippen LogP contribution in [-0.4, -0.2) is 69.0 Å². The summed E-state index contributed by atoms with van der Waals surface area (Å²) in [4.78, 5) is 0. The van der Waals surface area contributed by atoms with E-state index >= 15 is 0 Å². The van der Waals surface area contributed by atoms with E-state index in [0.29, 0.717) is 46.1 Å². The van der Waals surface area contributed by atoms with E-state index in [-0.39, 0.29) is 6.61 Å². The van der Waals surface area contributed by atoms with Crippen molar-refractivity contribution in [1.29, 1.82) is 0 Å². The van der Waals surface area contributed by atoms with Crippen LogP contribution in [0.1, 0.15) is 0 Å². The van der Waals surface area contributed by atoms with Gasteiger partial charge < -0.3 is 30.7 Å². The molecule has 0 saturated heterocycles. The van der Waals surface area contributed by atoms with Crippen molar-refractivity contribution < 1.29 is 19.7 Å². The molecule has 1 unspecified atom stereocenters. The second kappa shape index (κ2) is 11.8. The summed E-state index contributed by atoms with van der Waals surface area (Å²) in [6.07, 6.45) is -0.696. The molecule has 6 heteroatoms. The first-order valence-corrected chi connectivity index (χ1v) is 5.16. The van der Waals surface area contributed by atoms with Gasteiger partial charge in [-0.05, 0) is 0 Å². The van der Waals surface area contributed by atoms with Crippen LogP contribution < -0.4 is 11.1 Å². The number of aliphatic hydroxyl groups is 2. The molecule has 6 nitrogen and oxygen atoms in total. The van der Waals surface area contributed by atoms with Crippen molar-refractivity contribution in [2.45, 2.75) is 6.10 Å². The fourth-order valence-electron chi connectivity index (χ4n) is 0.883. The van der Waals surface area contributed by atoms with E-state index in [9.17, 15) is 0 Å². The molecule has 0 radical (unpaired) electrons. The first kappa shape index (κ1) is 14.8. The standard InChI is InChI=1S/C9H22N2O4/c10-1-3-14-5-6-15-4-2-11-7-9(13)8-12/h9,11-13H,1-8,10H2. The van der Waals surface area contributed by atoms with Crippen molar-refractivity contribution in [2.75, 3.05) is 52.7 Å². The molecule has 0 aliphatic heterocycles. The van der Waals surface area contributed by atoms with Crippen LogP contribution >= 0.6 is 0 Å². The Labute approximate surface area is 90.4 Å². The van der Waals surface area contributed by atoms with Crippen LogP contribution in [0.4, 0.5) is 0 Å². The van der Waals surface area contributed by atoms with E-state index < -0.39 is 6.10 Å². The molecule has 0 heterocycles. The molecule has 0 rings (SSSR count). The molecule has 0 amide bonds. The van der Waals surface area contributed by atoms with Gasteiger partial charge in [-0.2, -0.15) is 0 Å². The fourth-order valence-corrected chi connectivity index (χ4v) is 0.883. The van der Waals surface area contributed by atoms with Gasteiger partial charge >= 0.3 is 0 Å². The van der Waals surface area contributed by atoms with Gasteiger partial charge in [0, 0.05) is 19.6 Å². The second-order valence-electron chi connectivity index (χ2n) is 3.05. The lowest BCUT2D eigenvalue weighted by molar-refractivity contribution is 0.0493. The van der Waals surface area contributed by atoms with Crippen LogP contribution in [0.2, 0.25) is 0 Å². The van der Waals surface area contributed by atoms with E-state index in [4.69, 9.17) is 25.4 Å². The van der Waals surface area contributed by atoms with E-state index in [2.05, 4.69) is 5.32 Å². The zero-order chi connectivity index (χ0) is 11.4. The quantitative estimate of drug-likeness (QED) is 0.300. The Kier molecular flexibility index (Phi) is 11.6. The van der Waals surface area contributed by atoms with Gasteiger partial charge in [0.15, 0.2) is 0 Å². The van der Waals surface area contributed by atoms with Gasteiger partial charge in [-0.15, -0.1) is 0 Å². The highest BCUT2D eigenvalue weighted by molar-refractivity contribution is 4.56. The molecule has 0 aromatic rings. The molecule has 15 heavy (non-hydrogen) atoms. The monoisotopic (exact) mass is 222 g/mol. The number of nitrogens with one attached hydrogen (secondary N) is 1. The molecule has 0 saturated carbocycles. The summed E-state index contributed by atoms with van der Waals surface area (Å²) in [5, 5.41) is 20.4. The van der Waals surface area contributed by atoms with Crippen molar-refractivity contribution >= 4 is 0 Å². The molecule has 1 atom stereocenters. The van der Waals surface area contributed by atoms with Gasteiger partial charge in [-0.3, -0.25) is 0 Å². The average molecular weight is 222 g/mol. The van der Waals surface area contributed by atoms with Crippen LogP contribution in [0.3, 0.4) is 0 Å². The van der Waals surface area contributed by atoms with E-state index in [0.717, 1.165) is 0 Å². The van der Waals surface area contributed by atoms with Gasteiger partial charge in [0.2, 0.25) is 0 Å². The Balaban J connectivity index is 2.92. The van der Waals surface area contributed by atoms with Crippen molar-refractivity contribution in [1.82, 2.24) is 5.32 Å². The summed E-state index contributed by atoms with van der Waals surface area (Å²) in [6, 6.07) is 0. The highest BCUT2D eigenvalue weighted by atomic mass is 16.5. The molecule has 0 aliphatic carbocycles. The zero-order valence-corrected chi connectivity index (χ0v) is 9.02. The highest BCUT2D eigenvalue weighted by Crippen LogP contribution is 1.79. The summed E-state index contributed by atoms with van der Waals surface area (Å²) >= 11 is 0. The Morgan fingerprint density at radius 2 is 1.80 bits per heavy atom. The second-order valence-corrected chi connectivity index (χ2v) is 3.05. The summed E-state index contributed by atoms with van der Waals surface area (Å²) < 4.78 is 10.3. The summed E-state index contributed by atoms with van der Waals surface area (Å²) in [5.74, 6) is 0. The maximum atomic E-state index is 8.97. The molecule has 0 spiro atoms. The molecule has 0 aromatic carbocycles. The lowest BCUT2D eigenvalue weighted by atomic mass is 10.4. The maximum Gasteiger partial charge on any atom is 0.0894 e. The Bertz CT molecular complexity index is 127. The van der Waals surface area contributed by atoms with Crippen LogP contribution in [-0.2, 0) is 9.47 Å². The van der Waals surface area contributed by atoms with Crippen LogP contribution in [0.15, 0.2) is 0 Å². The third kappa shape index (κ3) is 11.7. The number of nitrogens with two attached hydrogens (primary N) is 1. The lowest BCUT2D eigenvalue weighted by Crippen LogP contribution is -2.31. The van der Waals surface area contributed by atoms with E-state index in [1.165, 1.54) is 0 Å². The Morgan fingerprint density at radius 1 is 1.13 bits per heavy atom. The highest BCUT2D eigenvalue weighted by Gasteiger charge is 1.99. The molecule has 0 fully saturated rings. The topological polar surface area (TPSA) is 97.0 Å². The predicted octanol–water partition coefficient (Wildman–Crippen LogP) is -2.08. The van der Waals surface area contributed by atoms with Crippen molar-refractivity contribution in [3.8, 4) is 0 Å². The number of hydrogen-bond acceptors (Lipinski definition) is 6. The predicted molar refractivity (Wildman–Crippen MR) is 56.7 cm³/mol. The summed E-state index contributed by atoms with van der Waals surface area (Å²) in [7, 11) is 0. The number of aliphatic hydroxyl groups excluding tert-OH is 2. The molecular formula is C9H22N2O4. The summed E-state index contributed by atoms with van der Waals surface area (Å²) in [6.45, 7) is 3.55. The van der Waals surface area contributed by atoms with Gasteiger partial charge in [-0.1, -0.05) is 0 Å². The largest absolute Gasteiger partial charge is 0.394 e. The van der Waals surface area contributed by atoms with Gasteiger partial charge in [0.1, 0.15) is 0 Å². The third-order valence-corrected chi connectivity index (χ3v) is 1.65. The minimum atomic E-state index is -0.696. The van der Waals surface area contributed by atoms with E-state index in [1.54, 1.807) is 0 Å². The normalized spacial score (nSPS) is 13.0. The SMILES string of the molecule is NCCOCCOCCNCC(O)CO. The number of rotatable bonds is 11. The third-order valence-electron chi connectivity index (χ3n) is 1.65. The van der Waals surface area contributed by atoms with Gasteiger partial charge in [-0.25, -0.2) is 0 Å². The smallest absolute Gasteiger partial charge is 0.0894 e. The minimum absolute atomic E-state index is 0.221. The van der Waals surface area contributed by atoms with Gasteiger partial charge in [0.25, 0.3) is 0 Å². The first-order chi connectivity index (χ1) is 7.31. The number of ether oxygens (including phenoxy) is 2. The lowest BCUT2D eigenvalue weighted by Gasteiger charge is -2.09. The van der Waals surface area contributed by atoms with Crippen LogP contribution in [0, 0.1) is 0 Å². The fraction of sp³-hybridized carbons (Fsp3) is 1.00.